The summed E-state index contributed by atoms with van der Waals surface area (Å²) in [6.45, 7) is 0.802. The van der Waals surface area contributed by atoms with Crippen molar-refractivity contribution in [3.8, 4) is 0 Å². The summed E-state index contributed by atoms with van der Waals surface area (Å²) in [4.78, 5) is 0. The molecular formula is C11H11FIN3. The topological polar surface area (TPSA) is 43.8 Å². The Morgan fingerprint density at radius 3 is 2.81 bits per heavy atom. The van der Waals surface area contributed by atoms with Crippen LogP contribution in [0.2, 0.25) is 0 Å². The molecule has 1 heterocycles. The van der Waals surface area contributed by atoms with Crippen LogP contribution < -0.4 is 5.73 Å². The molecule has 0 atom stereocenters. The molecule has 0 saturated carbocycles. The molecule has 0 radical (unpaired) electrons. The number of aromatic nitrogens is 2. The predicted octanol–water partition coefficient (Wildman–Crippen LogP) is 2.13. The summed E-state index contributed by atoms with van der Waals surface area (Å²) in [5.74, 6) is -0.228. The van der Waals surface area contributed by atoms with Crippen molar-refractivity contribution in [2.45, 2.75) is 13.1 Å². The van der Waals surface area contributed by atoms with Gasteiger partial charge in [-0.3, -0.25) is 4.68 Å². The molecule has 0 aliphatic carbocycles. The van der Waals surface area contributed by atoms with E-state index in [2.05, 4.69) is 27.7 Å². The van der Waals surface area contributed by atoms with E-state index in [1.807, 2.05) is 12.3 Å². The lowest BCUT2D eigenvalue weighted by Crippen LogP contribution is -2.04. The molecule has 1 aromatic carbocycles. The van der Waals surface area contributed by atoms with Gasteiger partial charge >= 0.3 is 0 Å². The smallest absolute Gasteiger partial charge is 0.128 e. The normalized spacial score (nSPS) is 10.7. The van der Waals surface area contributed by atoms with Crippen LogP contribution in [0.4, 0.5) is 4.39 Å². The van der Waals surface area contributed by atoms with Gasteiger partial charge in [-0.2, -0.15) is 5.10 Å². The standard InChI is InChI=1S/C11H11FIN3/c12-11-3-8(4-14)1-2-9(11)6-16-7-10(13)5-15-16/h1-3,5,7H,4,6,14H2. The zero-order valence-electron chi connectivity index (χ0n) is 8.53. The average Bonchev–Trinajstić information content (AvgIpc) is 2.67. The van der Waals surface area contributed by atoms with Crippen LogP contribution in [0.5, 0.6) is 0 Å². The second-order valence-corrected chi connectivity index (χ2v) is 4.73. The van der Waals surface area contributed by atoms with Gasteiger partial charge in [-0.05, 0) is 34.2 Å². The van der Waals surface area contributed by atoms with E-state index in [1.165, 1.54) is 6.07 Å². The maximum Gasteiger partial charge on any atom is 0.128 e. The van der Waals surface area contributed by atoms with Gasteiger partial charge in [-0.1, -0.05) is 12.1 Å². The van der Waals surface area contributed by atoms with Crippen LogP contribution in [0.3, 0.4) is 0 Å². The van der Waals surface area contributed by atoms with E-state index < -0.39 is 0 Å². The maximum atomic E-state index is 13.6. The first-order chi connectivity index (χ1) is 7.69. The third-order valence-electron chi connectivity index (χ3n) is 2.29. The lowest BCUT2D eigenvalue weighted by Gasteiger charge is -2.05. The largest absolute Gasteiger partial charge is 0.326 e. The number of halogens is 2. The van der Waals surface area contributed by atoms with Crippen LogP contribution in [-0.2, 0) is 13.1 Å². The van der Waals surface area contributed by atoms with Gasteiger partial charge in [0.1, 0.15) is 5.82 Å². The SMILES string of the molecule is NCc1ccc(Cn2cc(I)cn2)c(F)c1. The van der Waals surface area contributed by atoms with Gasteiger partial charge in [0.2, 0.25) is 0 Å². The summed E-state index contributed by atoms with van der Waals surface area (Å²) < 4.78 is 16.4. The van der Waals surface area contributed by atoms with Crippen molar-refractivity contribution in [2.24, 2.45) is 5.73 Å². The van der Waals surface area contributed by atoms with Crippen LogP contribution in [0.15, 0.2) is 30.6 Å². The van der Waals surface area contributed by atoms with E-state index in [0.29, 0.717) is 18.7 Å². The Bertz CT molecular complexity index is 496. The van der Waals surface area contributed by atoms with Gasteiger partial charge in [-0.25, -0.2) is 4.39 Å². The fourth-order valence-electron chi connectivity index (χ4n) is 1.45. The van der Waals surface area contributed by atoms with E-state index in [0.717, 1.165) is 9.13 Å². The van der Waals surface area contributed by atoms with E-state index in [4.69, 9.17) is 5.73 Å². The highest BCUT2D eigenvalue weighted by Gasteiger charge is 2.04. The quantitative estimate of drug-likeness (QED) is 0.876. The lowest BCUT2D eigenvalue weighted by molar-refractivity contribution is 0.583. The number of hydrogen-bond acceptors (Lipinski definition) is 2. The van der Waals surface area contributed by atoms with E-state index in [9.17, 15) is 4.39 Å². The van der Waals surface area contributed by atoms with Crippen molar-refractivity contribution in [1.82, 2.24) is 9.78 Å². The Morgan fingerprint density at radius 1 is 1.44 bits per heavy atom. The second kappa shape index (κ2) is 4.92. The van der Waals surface area contributed by atoms with E-state index >= 15 is 0 Å². The molecule has 2 rings (SSSR count). The molecule has 1 aromatic heterocycles. The molecule has 16 heavy (non-hydrogen) atoms. The first-order valence-electron chi connectivity index (χ1n) is 4.84. The molecule has 0 fully saturated rings. The van der Waals surface area contributed by atoms with Crippen molar-refractivity contribution in [2.75, 3.05) is 0 Å². The summed E-state index contributed by atoms with van der Waals surface area (Å²) in [5, 5.41) is 4.11. The minimum Gasteiger partial charge on any atom is -0.326 e. The molecule has 0 unspecified atom stereocenters. The first kappa shape index (κ1) is 11.5. The first-order valence-corrected chi connectivity index (χ1v) is 5.92. The van der Waals surface area contributed by atoms with Gasteiger partial charge in [-0.15, -0.1) is 0 Å². The Hall–Kier alpha value is -0.950. The zero-order chi connectivity index (χ0) is 11.5. The molecular weight excluding hydrogens is 320 g/mol. The van der Waals surface area contributed by atoms with Crippen LogP contribution >= 0.6 is 22.6 Å². The molecule has 0 saturated heterocycles. The van der Waals surface area contributed by atoms with Crippen molar-refractivity contribution in [3.63, 3.8) is 0 Å². The average molecular weight is 331 g/mol. The third kappa shape index (κ3) is 2.59. The number of benzene rings is 1. The van der Waals surface area contributed by atoms with Crippen LogP contribution in [0, 0.1) is 9.39 Å². The molecule has 84 valence electrons. The van der Waals surface area contributed by atoms with Crippen LogP contribution in [0.1, 0.15) is 11.1 Å². The van der Waals surface area contributed by atoms with E-state index in [1.54, 1.807) is 16.9 Å². The van der Waals surface area contributed by atoms with Crippen LogP contribution in [0.25, 0.3) is 0 Å². The van der Waals surface area contributed by atoms with Gasteiger partial charge in [0.05, 0.1) is 16.3 Å². The summed E-state index contributed by atoms with van der Waals surface area (Å²) >= 11 is 2.17. The van der Waals surface area contributed by atoms with Gasteiger partial charge in [0, 0.05) is 18.3 Å². The fourth-order valence-corrected chi connectivity index (χ4v) is 1.89. The van der Waals surface area contributed by atoms with Gasteiger partial charge < -0.3 is 5.73 Å². The summed E-state index contributed by atoms with van der Waals surface area (Å²) in [6, 6.07) is 5.07. The fraction of sp³-hybridized carbons (Fsp3) is 0.182. The number of nitrogens with zero attached hydrogens (tertiary/aromatic N) is 2. The summed E-state index contributed by atoms with van der Waals surface area (Å²) in [7, 11) is 0. The number of hydrogen-bond donors (Lipinski definition) is 1. The molecule has 0 aliphatic rings. The molecule has 3 nitrogen and oxygen atoms in total. The molecule has 0 bridgehead atoms. The molecule has 0 aliphatic heterocycles. The van der Waals surface area contributed by atoms with Crippen molar-refractivity contribution in [1.29, 1.82) is 0 Å². The number of nitrogens with two attached hydrogens (primary N) is 1. The van der Waals surface area contributed by atoms with Gasteiger partial charge in [0.25, 0.3) is 0 Å². The minimum absolute atomic E-state index is 0.228. The lowest BCUT2D eigenvalue weighted by atomic mass is 10.1. The Labute approximate surface area is 107 Å². The Kier molecular flexibility index (Phi) is 3.55. The Balaban J connectivity index is 2.21. The van der Waals surface area contributed by atoms with Crippen molar-refractivity contribution >= 4 is 22.6 Å². The molecule has 0 spiro atoms. The zero-order valence-corrected chi connectivity index (χ0v) is 10.7. The highest BCUT2D eigenvalue weighted by molar-refractivity contribution is 14.1. The number of rotatable bonds is 3. The summed E-state index contributed by atoms with van der Waals surface area (Å²) in [5.41, 5.74) is 6.86. The molecule has 0 amide bonds. The highest BCUT2D eigenvalue weighted by atomic mass is 127. The maximum absolute atomic E-state index is 13.6. The monoisotopic (exact) mass is 331 g/mol. The van der Waals surface area contributed by atoms with Gasteiger partial charge in [0.15, 0.2) is 0 Å². The Morgan fingerprint density at radius 2 is 2.25 bits per heavy atom. The van der Waals surface area contributed by atoms with E-state index in [-0.39, 0.29) is 5.82 Å². The molecule has 5 heteroatoms. The third-order valence-corrected chi connectivity index (χ3v) is 2.84. The highest BCUT2D eigenvalue weighted by Crippen LogP contribution is 2.12. The molecule has 2 N–H and O–H groups in total. The molecule has 2 aromatic rings. The van der Waals surface area contributed by atoms with Crippen molar-refractivity contribution < 1.29 is 4.39 Å². The minimum atomic E-state index is -0.228. The predicted molar refractivity (Wildman–Crippen MR) is 68.3 cm³/mol. The van der Waals surface area contributed by atoms with Crippen LogP contribution in [-0.4, -0.2) is 9.78 Å². The summed E-state index contributed by atoms with van der Waals surface area (Å²) in [6.07, 6.45) is 3.61. The van der Waals surface area contributed by atoms with Crippen molar-refractivity contribution in [3.05, 3.63) is 51.1 Å². The second-order valence-electron chi connectivity index (χ2n) is 3.49.